The van der Waals surface area contributed by atoms with Crippen molar-refractivity contribution in [2.45, 2.75) is 33.1 Å². The predicted octanol–water partition coefficient (Wildman–Crippen LogP) is 5.52. The van der Waals surface area contributed by atoms with Crippen LogP contribution < -0.4 is 0 Å². The van der Waals surface area contributed by atoms with Crippen molar-refractivity contribution >= 4 is 10.8 Å². The van der Waals surface area contributed by atoms with Gasteiger partial charge >= 0.3 is 0 Å². The van der Waals surface area contributed by atoms with Crippen molar-refractivity contribution in [1.82, 2.24) is 0 Å². The van der Waals surface area contributed by atoms with E-state index in [-0.39, 0.29) is 5.92 Å². The molecule has 2 aromatic rings. The molecule has 0 aromatic heterocycles. The van der Waals surface area contributed by atoms with E-state index in [0.29, 0.717) is 12.6 Å². The second kappa shape index (κ2) is 6.27. The highest BCUT2D eigenvalue weighted by atomic mass is 16.7. The van der Waals surface area contributed by atoms with E-state index in [9.17, 15) is 0 Å². The first-order valence-electron chi connectivity index (χ1n) is 7.88. The summed E-state index contributed by atoms with van der Waals surface area (Å²) in [5.41, 5.74) is 2.53. The minimum atomic E-state index is 0.261. The molecular formula is C20H22O2. The minimum Gasteiger partial charge on any atom is -0.465 e. The molecule has 0 fully saturated rings. The number of benzene rings is 2. The van der Waals surface area contributed by atoms with Crippen LogP contribution in [0.1, 0.15) is 38.7 Å². The number of fused-ring (bicyclic) bond motifs is 1. The average molecular weight is 294 g/mol. The van der Waals surface area contributed by atoms with Crippen LogP contribution in [0.4, 0.5) is 0 Å². The summed E-state index contributed by atoms with van der Waals surface area (Å²) in [6.07, 6.45) is 3.00. The second-order valence-electron chi connectivity index (χ2n) is 5.66. The zero-order valence-electron chi connectivity index (χ0n) is 13.4. The Morgan fingerprint density at radius 1 is 1.14 bits per heavy atom. The lowest BCUT2D eigenvalue weighted by atomic mass is 9.87. The van der Waals surface area contributed by atoms with Crippen LogP contribution in [0.15, 0.2) is 65.8 Å². The molecule has 3 rings (SSSR count). The molecule has 2 aromatic carbocycles. The molecule has 0 bridgehead atoms. The molecule has 1 aliphatic rings. The van der Waals surface area contributed by atoms with Crippen LogP contribution in [0.3, 0.4) is 0 Å². The van der Waals surface area contributed by atoms with Crippen LogP contribution in [0.2, 0.25) is 0 Å². The van der Waals surface area contributed by atoms with Gasteiger partial charge in [0.15, 0.2) is 0 Å². The van der Waals surface area contributed by atoms with Gasteiger partial charge in [0.25, 0.3) is 5.95 Å². The molecule has 2 heteroatoms. The molecule has 0 amide bonds. The lowest BCUT2D eigenvalue weighted by Gasteiger charge is -2.24. The molecule has 0 N–H and O–H groups in total. The zero-order valence-corrected chi connectivity index (χ0v) is 13.4. The van der Waals surface area contributed by atoms with E-state index in [2.05, 4.69) is 55.5 Å². The fourth-order valence-corrected chi connectivity index (χ4v) is 3.01. The van der Waals surface area contributed by atoms with Crippen molar-refractivity contribution in [2.24, 2.45) is 0 Å². The number of hydrogen-bond acceptors (Lipinski definition) is 2. The lowest BCUT2D eigenvalue weighted by molar-refractivity contribution is 0.0663. The summed E-state index contributed by atoms with van der Waals surface area (Å²) in [4.78, 5) is 0. The Balaban J connectivity index is 2.04. The third kappa shape index (κ3) is 2.74. The molecule has 0 aliphatic carbocycles. The highest BCUT2D eigenvalue weighted by Gasteiger charge is 2.23. The highest BCUT2D eigenvalue weighted by Crippen LogP contribution is 2.36. The molecule has 0 radical (unpaired) electrons. The van der Waals surface area contributed by atoms with Crippen molar-refractivity contribution in [3.05, 3.63) is 71.4 Å². The molecule has 1 unspecified atom stereocenters. The standard InChI is InChI=1S/C20H22O2/c1-4-21-20-18(13-12-14(2)22-20)15(3)17-11-7-9-16-8-5-6-10-19(16)17/h5-12,15H,4,13H2,1-3H3. The quantitative estimate of drug-likeness (QED) is 0.739. The van der Waals surface area contributed by atoms with Gasteiger partial charge in [0.05, 0.1) is 6.61 Å². The lowest BCUT2D eigenvalue weighted by Crippen LogP contribution is -2.11. The summed E-state index contributed by atoms with van der Waals surface area (Å²) >= 11 is 0. The van der Waals surface area contributed by atoms with Crippen LogP contribution in [-0.2, 0) is 9.47 Å². The molecule has 0 saturated heterocycles. The maximum Gasteiger partial charge on any atom is 0.284 e. The Morgan fingerprint density at radius 3 is 2.73 bits per heavy atom. The fourth-order valence-electron chi connectivity index (χ4n) is 3.01. The summed E-state index contributed by atoms with van der Waals surface area (Å²) in [5.74, 6) is 1.86. The van der Waals surface area contributed by atoms with Gasteiger partial charge in [0, 0.05) is 11.5 Å². The first-order valence-corrected chi connectivity index (χ1v) is 7.88. The second-order valence-corrected chi connectivity index (χ2v) is 5.66. The monoisotopic (exact) mass is 294 g/mol. The zero-order chi connectivity index (χ0) is 15.5. The Kier molecular flexibility index (Phi) is 4.19. The van der Waals surface area contributed by atoms with Crippen LogP contribution in [0, 0.1) is 0 Å². The van der Waals surface area contributed by atoms with Gasteiger partial charge in [-0.3, -0.25) is 0 Å². The SMILES string of the molecule is CCOC1=C(C(C)c2cccc3ccccc23)CC=C(C)O1. The number of allylic oxidation sites excluding steroid dienone is 3. The maximum atomic E-state index is 5.81. The van der Waals surface area contributed by atoms with Gasteiger partial charge in [-0.15, -0.1) is 0 Å². The van der Waals surface area contributed by atoms with Crippen molar-refractivity contribution in [3.8, 4) is 0 Å². The van der Waals surface area contributed by atoms with Crippen molar-refractivity contribution in [2.75, 3.05) is 6.61 Å². The first-order chi connectivity index (χ1) is 10.7. The van der Waals surface area contributed by atoms with Crippen LogP contribution in [0.5, 0.6) is 0 Å². The molecule has 22 heavy (non-hydrogen) atoms. The van der Waals surface area contributed by atoms with Gasteiger partial charge in [0.2, 0.25) is 0 Å². The van der Waals surface area contributed by atoms with E-state index in [1.807, 2.05) is 13.8 Å². The van der Waals surface area contributed by atoms with Gasteiger partial charge in [-0.2, -0.15) is 0 Å². The third-order valence-electron chi connectivity index (χ3n) is 4.21. The largest absolute Gasteiger partial charge is 0.465 e. The summed E-state index contributed by atoms with van der Waals surface area (Å²) in [6, 6.07) is 15.0. The molecule has 1 atom stereocenters. The average Bonchev–Trinajstić information content (AvgIpc) is 2.54. The Bertz CT molecular complexity index is 735. The summed E-state index contributed by atoms with van der Waals surface area (Å²) in [5, 5.41) is 2.57. The van der Waals surface area contributed by atoms with Gasteiger partial charge in [-0.05, 0) is 42.7 Å². The van der Waals surface area contributed by atoms with Gasteiger partial charge < -0.3 is 9.47 Å². The van der Waals surface area contributed by atoms with E-state index >= 15 is 0 Å². The first kappa shape index (κ1) is 14.7. The van der Waals surface area contributed by atoms with Crippen LogP contribution >= 0.6 is 0 Å². The topological polar surface area (TPSA) is 18.5 Å². The predicted molar refractivity (Wildman–Crippen MR) is 90.5 cm³/mol. The van der Waals surface area contributed by atoms with E-state index < -0.39 is 0 Å². The van der Waals surface area contributed by atoms with Gasteiger partial charge in [0.1, 0.15) is 5.76 Å². The van der Waals surface area contributed by atoms with E-state index in [4.69, 9.17) is 9.47 Å². The summed E-state index contributed by atoms with van der Waals surface area (Å²) < 4.78 is 11.5. The molecule has 114 valence electrons. The molecule has 2 nitrogen and oxygen atoms in total. The molecule has 1 heterocycles. The fraction of sp³-hybridized carbons (Fsp3) is 0.300. The van der Waals surface area contributed by atoms with E-state index in [1.165, 1.54) is 21.9 Å². The van der Waals surface area contributed by atoms with Crippen molar-refractivity contribution in [1.29, 1.82) is 0 Å². The van der Waals surface area contributed by atoms with E-state index in [1.54, 1.807) is 0 Å². The summed E-state index contributed by atoms with van der Waals surface area (Å²) in [6.45, 7) is 6.81. The third-order valence-corrected chi connectivity index (χ3v) is 4.21. The van der Waals surface area contributed by atoms with Crippen molar-refractivity contribution in [3.63, 3.8) is 0 Å². The van der Waals surface area contributed by atoms with Crippen LogP contribution in [-0.4, -0.2) is 6.61 Å². The Morgan fingerprint density at radius 2 is 1.91 bits per heavy atom. The highest BCUT2D eigenvalue weighted by molar-refractivity contribution is 5.86. The molecular weight excluding hydrogens is 272 g/mol. The Labute approximate surface area is 132 Å². The van der Waals surface area contributed by atoms with Gasteiger partial charge in [-0.1, -0.05) is 49.4 Å². The summed E-state index contributed by atoms with van der Waals surface area (Å²) in [7, 11) is 0. The number of hydrogen-bond donors (Lipinski definition) is 0. The number of ether oxygens (including phenoxy) is 2. The minimum absolute atomic E-state index is 0.261. The molecule has 0 saturated carbocycles. The molecule has 0 spiro atoms. The molecule has 1 aliphatic heterocycles. The smallest absolute Gasteiger partial charge is 0.284 e. The van der Waals surface area contributed by atoms with Crippen LogP contribution in [0.25, 0.3) is 10.8 Å². The number of rotatable bonds is 4. The normalized spacial score (nSPS) is 16.2. The maximum absolute atomic E-state index is 5.81. The van der Waals surface area contributed by atoms with Gasteiger partial charge in [-0.25, -0.2) is 0 Å². The Hall–Kier alpha value is -2.22. The van der Waals surface area contributed by atoms with Crippen molar-refractivity contribution < 1.29 is 9.47 Å². The van der Waals surface area contributed by atoms with E-state index in [0.717, 1.165) is 12.2 Å².